The first-order chi connectivity index (χ1) is 13.9. The molecule has 3 rings (SSSR count). The van der Waals surface area contributed by atoms with Gasteiger partial charge in [-0.25, -0.2) is 0 Å². The predicted octanol–water partition coefficient (Wildman–Crippen LogP) is 5.23. The number of aryl methyl sites for hydroxylation is 1. The molecular formula is C25H29NO3. The molecule has 4 heteroatoms. The van der Waals surface area contributed by atoms with E-state index in [2.05, 4.69) is 43.4 Å². The van der Waals surface area contributed by atoms with Crippen LogP contribution in [0.2, 0.25) is 0 Å². The van der Waals surface area contributed by atoms with Crippen LogP contribution >= 0.6 is 0 Å². The highest BCUT2D eigenvalue weighted by Gasteiger charge is 2.17. The van der Waals surface area contributed by atoms with E-state index >= 15 is 0 Å². The van der Waals surface area contributed by atoms with E-state index in [0.717, 1.165) is 28.0 Å². The zero-order valence-corrected chi connectivity index (χ0v) is 17.6. The Balaban J connectivity index is 1.49. The molecule has 0 bridgehead atoms. The van der Waals surface area contributed by atoms with Crippen molar-refractivity contribution < 1.29 is 14.3 Å². The second-order valence-corrected chi connectivity index (χ2v) is 7.60. The molecule has 152 valence electrons. The number of benzene rings is 3. The Morgan fingerprint density at radius 1 is 0.966 bits per heavy atom. The highest BCUT2D eigenvalue weighted by Crippen LogP contribution is 2.28. The Kier molecular flexibility index (Phi) is 6.76. The molecule has 0 radical (unpaired) electrons. The molecule has 0 fully saturated rings. The van der Waals surface area contributed by atoms with Crippen molar-refractivity contribution in [3.63, 3.8) is 0 Å². The van der Waals surface area contributed by atoms with E-state index in [4.69, 9.17) is 9.47 Å². The van der Waals surface area contributed by atoms with Crippen LogP contribution in [0.5, 0.6) is 11.5 Å². The van der Waals surface area contributed by atoms with E-state index in [9.17, 15) is 4.79 Å². The average molecular weight is 392 g/mol. The largest absolute Gasteiger partial charge is 0.492 e. The van der Waals surface area contributed by atoms with Crippen LogP contribution in [0.25, 0.3) is 10.8 Å². The molecule has 0 aromatic heterocycles. The summed E-state index contributed by atoms with van der Waals surface area (Å²) in [6, 6.07) is 20.3. The van der Waals surface area contributed by atoms with E-state index < -0.39 is 6.10 Å². The minimum atomic E-state index is -0.574. The maximum atomic E-state index is 12.4. The van der Waals surface area contributed by atoms with E-state index in [-0.39, 0.29) is 5.91 Å². The van der Waals surface area contributed by atoms with E-state index in [0.29, 0.717) is 19.1 Å². The standard InChI is InChI=1S/C25H29NO3/c1-17(2)23-12-9-18(3)15-24(23)29-19(4)25(27)26-13-14-28-22-11-10-20-7-5-6-8-21(20)16-22/h5-12,15-17,19H,13-14H2,1-4H3,(H,26,27). The third kappa shape index (κ3) is 5.50. The first kappa shape index (κ1) is 20.7. The molecule has 0 saturated heterocycles. The SMILES string of the molecule is Cc1ccc(C(C)C)c(OC(C)C(=O)NCCOc2ccc3ccccc3c2)c1. The van der Waals surface area contributed by atoms with Gasteiger partial charge >= 0.3 is 0 Å². The number of nitrogens with one attached hydrogen (secondary N) is 1. The van der Waals surface area contributed by atoms with E-state index in [1.165, 1.54) is 5.39 Å². The fourth-order valence-electron chi connectivity index (χ4n) is 3.21. The molecule has 1 N–H and O–H groups in total. The molecule has 0 aliphatic heterocycles. The van der Waals surface area contributed by atoms with Crippen molar-refractivity contribution in [2.75, 3.05) is 13.2 Å². The molecule has 29 heavy (non-hydrogen) atoms. The van der Waals surface area contributed by atoms with Crippen molar-refractivity contribution in [1.82, 2.24) is 5.32 Å². The number of fused-ring (bicyclic) bond motifs is 1. The Hall–Kier alpha value is -3.01. The number of rotatable bonds is 8. The molecule has 0 aliphatic carbocycles. The predicted molar refractivity (Wildman–Crippen MR) is 118 cm³/mol. The number of hydrogen-bond donors (Lipinski definition) is 1. The normalized spacial score (nSPS) is 12.0. The quantitative estimate of drug-likeness (QED) is 0.535. The zero-order chi connectivity index (χ0) is 20.8. The minimum absolute atomic E-state index is 0.150. The lowest BCUT2D eigenvalue weighted by Crippen LogP contribution is -2.38. The molecule has 0 saturated carbocycles. The van der Waals surface area contributed by atoms with Crippen LogP contribution in [0.15, 0.2) is 60.7 Å². The zero-order valence-electron chi connectivity index (χ0n) is 17.6. The van der Waals surface area contributed by atoms with Crippen LogP contribution in [0.4, 0.5) is 0 Å². The Labute approximate surface area is 172 Å². The summed E-state index contributed by atoms with van der Waals surface area (Å²) >= 11 is 0. The highest BCUT2D eigenvalue weighted by atomic mass is 16.5. The molecule has 0 aliphatic rings. The lowest BCUT2D eigenvalue weighted by Gasteiger charge is -2.19. The topological polar surface area (TPSA) is 47.6 Å². The minimum Gasteiger partial charge on any atom is -0.492 e. The maximum absolute atomic E-state index is 12.4. The Bertz CT molecular complexity index is 981. The van der Waals surface area contributed by atoms with Gasteiger partial charge in [0.25, 0.3) is 5.91 Å². The molecule has 3 aromatic carbocycles. The van der Waals surface area contributed by atoms with Crippen LogP contribution in [-0.2, 0) is 4.79 Å². The molecule has 1 atom stereocenters. The number of carbonyl (C=O) groups is 1. The van der Waals surface area contributed by atoms with Gasteiger partial charge in [0.2, 0.25) is 0 Å². The van der Waals surface area contributed by atoms with Gasteiger partial charge in [0.15, 0.2) is 6.10 Å². The van der Waals surface area contributed by atoms with Crippen molar-refractivity contribution in [2.24, 2.45) is 0 Å². The van der Waals surface area contributed by atoms with Gasteiger partial charge in [0.1, 0.15) is 18.1 Å². The second-order valence-electron chi connectivity index (χ2n) is 7.60. The van der Waals surface area contributed by atoms with Gasteiger partial charge in [-0.1, -0.05) is 56.3 Å². The number of carbonyl (C=O) groups excluding carboxylic acids is 1. The molecule has 3 aromatic rings. The van der Waals surface area contributed by atoms with Gasteiger partial charge in [-0.05, 0) is 59.9 Å². The number of hydrogen-bond acceptors (Lipinski definition) is 3. The van der Waals surface area contributed by atoms with Gasteiger partial charge < -0.3 is 14.8 Å². The molecule has 4 nitrogen and oxygen atoms in total. The number of amides is 1. The summed E-state index contributed by atoms with van der Waals surface area (Å²) in [4.78, 5) is 12.4. The maximum Gasteiger partial charge on any atom is 0.260 e. The van der Waals surface area contributed by atoms with Gasteiger partial charge in [-0.15, -0.1) is 0 Å². The summed E-state index contributed by atoms with van der Waals surface area (Å²) < 4.78 is 11.7. The van der Waals surface area contributed by atoms with Gasteiger partial charge in [0.05, 0.1) is 6.54 Å². The summed E-state index contributed by atoms with van der Waals surface area (Å²) in [5, 5.41) is 5.20. The van der Waals surface area contributed by atoms with E-state index in [1.807, 2.05) is 43.3 Å². The first-order valence-electron chi connectivity index (χ1n) is 10.1. The summed E-state index contributed by atoms with van der Waals surface area (Å²) in [5.41, 5.74) is 2.22. The molecular weight excluding hydrogens is 362 g/mol. The lowest BCUT2D eigenvalue weighted by molar-refractivity contribution is -0.127. The van der Waals surface area contributed by atoms with Gasteiger partial charge in [0, 0.05) is 0 Å². The van der Waals surface area contributed by atoms with Crippen LogP contribution in [0, 0.1) is 6.92 Å². The summed E-state index contributed by atoms with van der Waals surface area (Å²) in [6.07, 6.45) is -0.574. The molecule has 1 unspecified atom stereocenters. The monoisotopic (exact) mass is 391 g/mol. The van der Waals surface area contributed by atoms with Crippen molar-refractivity contribution in [1.29, 1.82) is 0 Å². The number of ether oxygens (including phenoxy) is 2. The summed E-state index contributed by atoms with van der Waals surface area (Å²) in [7, 11) is 0. The van der Waals surface area contributed by atoms with Crippen molar-refractivity contribution in [3.05, 3.63) is 71.8 Å². The van der Waals surface area contributed by atoms with Crippen molar-refractivity contribution in [3.8, 4) is 11.5 Å². The first-order valence-corrected chi connectivity index (χ1v) is 10.1. The van der Waals surface area contributed by atoms with Crippen LogP contribution in [0.1, 0.15) is 37.8 Å². The molecule has 1 amide bonds. The Morgan fingerprint density at radius 2 is 1.72 bits per heavy atom. The molecule has 0 spiro atoms. The third-order valence-electron chi connectivity index (χ3n) is 4.85. The van der Waals surface area contributed by atoms with Gasteiger partial charge in [-0.3, -0.25) is 4.79 Å². The van der Waals surface area contributed by atoms with E-state index in [1.54, 1.807) is 6.92 Å². The van der Waals surface area contributed by atoms with Crippen LogP contribution < -0.4 is 14.8 Å². The lowest BCUT2D eigenvalue weighted by atomic mass is 10.0. The smallest absolute Gasteiger partial charge is 0.260 e. The van der Waals surface area contributed by atoms with Crippen LogP contribution in [-0.4, -0.2) is 25.2 Å². The van der Waals surface area contributed by atoms with Crippen molar-refractivity contribution >= 4 is 16.7 Å². The third-order valence-corrected chi connectivity index (χ3v) is 4.85. The highest BCUT2D eigenvalue weighted by molar-refractivity contribution is 5.83. The van der Waals surface area contributed by atoms with Crippen molar-refractivity contribution in [2.45, 2.75) is 39.7 Å². The average Bonchev–Trinajstić information content (AvgIpc) is 2.70. The fourth-order valence-corrected chi connectivity index (χ4v) is 3.21. The van der Waals surface area contributed by atoms with Crippen LogP contribution in [0.3, 0.4) is 0 Å². The molecule has 0 heterocycles. The summed E-state index contributed by atoms with van der Waals surface area (Å²) in [5.74, 6) is 1.75. The second kappa shape index (κ2) is 9.46. The Morgan fingerprint density at radius 3 is 2.48 bits per heavy atom. The van der Waals surface area contributed by atoms with Gasteiger partial charge in [-0.2, -0.15) is 0 Å². The summed E-state index contributed by atoms with van der Waals surface area (Å²) in [6.45, 7) is 8.85. The fraction of sp³-hybridized carbons (Fsp3) is 0.320.